The van der Waals surface area contributed by atoms with Crippen LogP contribution in [0.2, 0.25) is 5.02 Å². The lowest BCUT2D eigenvalue weighted by Gasteiger charge is -2.60. The number of benzene rings is 1. The average molecular weight is 557 g/mol. The highest BCUT2D eigenvalue weighted by Crippen LogP contribution is 2.46. The molecule has 13 heteroatoms. The van der Waals surface area contributed by atoms with Crippen LogP contribution in [0.1, 0.15) is 22.6 Å². The summed E-state index contributed by atoms with van der Waals surface area (Å²) in [6.07, 6.45) is -4.45. The first-order valence-corrected chi connectivity index (χ1v) is 13.0. The minimum atomic E-state index is -4.45. The van der Waals surface area contributed by atoms with Gasteiger partial charge in [-0.3, -0.25) is 9.47 Å². The minimum absolute atomic E-state index is 0.0152. The van der Waals surface area contributed by atoms with E-state index in [1.165, 1.54) is 4.90 Å². The molecule has 9 nitrogen and oxygen atoms in total. The molecule has 0 saturated carbocycles. The molecule has 0 amide bonds. The molecule has 4 aliphatic heterocycles. The van der Waals surface area contributed by atoms with Crippen molar-refractivity contribution in [3.05, 3.63) is 58.0 Å². The summed E-state index contributed by atoms with van der Waals surface area (Å²) >= 11 is 6.28. The van der Waals surface area contributed by atoms with Gasteiger partial charge in [0.1, 0.15) is 11.9 Å². The maximum absolute atomic E-state index is 14.2. The summed E-state index contributed by atoms with van der Waals surface area (Å²) < 4.78 is 49.6. The van der Waals surface area contributed by atoms with E-state index in [0.717, 1.165) is 37.7 Å². The first-order chi connectivity index (χ1) is 18.6. The van der Waals surface area contributed by atoms with E-state index in [4.69, 9.17) is 21.6 Å². The standard InChI is InChI=1S/C26H24ClF3N8O/c1-16-17(7-31)2-5-21(32-16)35-10-24(11-35)12-36(13-24)23-34-33-22-9-37(25(14-39-15-25)26(28,29)30)8-18-6-19(27)3-4-20(18)38(22)23/h2-6H,8-15H2,1H3. The predicted octanol–water partition coefficient (Wildman–Crippen LogP) is 3.47. The molecule has 7 rings (SSSR count). The third kappa shape index (κ3) is 3.63. The molecule has 0 N–H and O–H groups in total. The summed E-state index contributed by atoms with van der Waals surface area (Å²) in [4.78, 5) is 10.3. The van der Waals surface area contributed by atoms with Crippen LogP contribution in [0, 0.1) is 23.7 Å². The molecule has 39 heavy (non-hydrogen) atoms. The van der Waals surface area contributed by atoms with Gasteiger partial charge in [0.25, 0.3) is 0 Å². The highest BCUT2D eigenvalue weighted by Gasteiger charge is 2.64. The van der Waals surface area contributed by atoms with Crippen molar-refractivity contribution in [2.24, 2.45) is 5.41 Å². The fraction of sp³-hybridized carbons (Fsp3) is 0.462. The fourth-order valence-electron chi connectivity index (χ4n) is 6.19. The van der Waals surface area contributed by atoms with Gasteiger partial charge in [-0.15, -0.1) is 10.2 Å². The van der Waals surface area contributed by atoms with Gasteiger partial charge < -0.3 is 14.5 Å². The van der Waals surface area contributed by atoms with E-state index in [1.54, 1.807) is 18.2 Å². The van der Waals surface area contributed by atoms with E-state index in [1.807, 2.05) is 23.6 Å². The predicted molar refractivity (Wildman–Crippen MR) is 136 cm³/mol. The highest BCUT2D eigenvalue weighted by molar-refractivity contribution is 6.30. The number of fused-ring (bicyclic) bond motifs is 3. The molecule has 3 aromatic rings. The molecule has 0 radical (unpaired) electrons. The molecule has 1 aromatic carbocycles. The second-order valence-electron chi connectivity index (χ2n) is 11.0. The Kier molecular flexibility index (Phi) is 5.24. The maximum atomic E-state index is 14.2. The number of alkyl halides is 3. The molecule has 4 aliphatic rings. The number of halogens is 4. The van der Waals surface area contributed by atoms with E-state index < -0.39 is 24.9 Å². The summed E-state index contributed by atoms with van der Waals surface area (Å²) in [6, 6.07) is 11.1. The number of nitrogens with zero attached hydrogens (tertiary/aromatic N) is 8. The van der Waals surface area contributed by atoms with E-state index in [-0.39, 0.29) is 18.5 Å². The van der Waals surface area contributed by atoms with Crippen molar-refractivity contribution in [3.8, 4) is 11.8 Å². The van der Waals surface area contributed by atoms with E-state index in [0.29, 0.717) is 33.6 Å². The Morgan fingerprint density at radius 2 is 1.77 bits per heavy atom. The van der Waals surface area contributed by atoms with Crippen LogP contribution in [0.15, 0.2) is 30.3 Å². The number of hydrogen-bond donors (Lipinski definition) is 0. The van der Waals surface area contributed by atoms with Crippen molar-refractivity contribution >= 4 is 23.4 Å². The number of nitriles is 1. The van der Waals surface area contributed by atoms with Gasteiger partial charge in [-0.25, -0.2) is 4.98 Å². The topological polar surface area (TPSA) is 86.3 Å². The molecule has 0 aliphatic carbocycles. The first kappa shape index (κ1) is 24.6. The Labute approximate surface area is 227 Å². The summed E-state index contributed by atoms with van der Waals surface area (Å²) in [5, 5.41) is 18.4. The van der Waals surface area contributed by atoms with Gasteiger partial charge in [0, 0.05) is 43.2 Å². The van der Waals surface area contributed by atoms with Gasteiger partial charge in [-0.1, -0.05) is 11.6 Å². The van der Waals surface area contributed by atoms with Crippen LogP contribution in [-0.2, 0) is 17.8 Å². The highest BCUT2D eigenvalue weighted by atomic mass is 35.5. The Balaban J connectivity index is 1.15. The SMILES string of the molecule is Cc1nc(N2CC3(C2)CN(c2nnc4n2-c2ccc(Cl)cc2CN(C2(C(F)(F)F)COC2)C4)C3)ccc1C#N. The van der Waals surface area contributed by atoms with Crippen molar-refractivity contribution in [2.45, 2.75) is 31.7 Å². The van der Waals surface area contributed by atoms with Crippen molar-refractivity contribution in [2.75, 3.05) is 49.2 Å². The largest absolute Gasteiger partial charge is 0.411 e. The van der Waals surface area contributed by atoms with Gasteiger partial charge in [0.2, 0.25) is 5.95 Å². The number of anilines is 2. The van der Waals surface area contributed by atoms with Gasteiger partial charge >= 0.3 is 6.18 Å². The van der Waals surface area contributed by atoms with Crippen LogP contribution in [0.4, 0.5) is 24.9 Å². The zero-order valence-electron chi connectivity index (χ0n) is 21.0. The maximum Gasteiger partial charge on any atom is 0.411 e. The zero-order chi connectivity index (χ0) is 27.2. The van der Waals surface area contributed by atoms with Crippen LogP contribution in [0.5, 0.6) is 0 Å². The minimum Gasteiger partial charge on any atom is -0.377 e. The second-order valence-corrected chi connectivity index (χ2v) is 11.5. The van der Waals surface area contributed by atoms with Gasteiger partial charge in [0.05, 0.1) is 36.7 Å². The van der Waals surface area contributed by atoms with Crippen LogP contribution in [0.25, 0.3) is 5.69 Å². The molecule has 0 unspecified atom stereocenters. The van der Waals surface area contributed by atoms with Crippen LogP contribution in [-0.4, -0.2) is 75.8 Å². The first-order valence-electron chi connectivity index (χ1n) is 12.6. The third-order valence-electron chi connectivity index (χ3n) is 8.41. The molecule has 202 valence electrons. The van der Waals surface area contributed by atoms with Gasteiger partial charge in [0.15, 0.2) is 11.4 Å². The quantitative estimate of drug-likeness (QED) is 0.485. The third-order valence-corrected chi connectivity index (χ3v) is 8.64. The second kappa shape index (κ2) is 8.30. The Morgan fingerprint density at radius 1 is 1.03 bits per heavy atom. The van der Waals surface area contributed by atoms with E-state index in [9.17, 15) is 13.2 Å². The lowest BCUT2D eigenvalue weighted by atomic mass is 9.73. The smallest absolute Gasteiger partial charge is 0.377 e. The molecule has 3 fully saturated rings. The monoisotopic (exact) mass is 556 g/mol. The number of hydrogen-bond acceptors (Lipinski definition) is 8. The van der Waals surface area contributed by atoms with Gasteiger partial charge in [-0.05, 0) is 42.8 Å². The summed E-state index contributed by atoms with van der Waals surface area (Å²) in [7, 11) is 0. The van der Waals surface area contributed by atoms with Crippen LogP contribution in [0.3, 0.4) is 0 Å². The van der Waals surface area contributed by atoms with Crippen molar-refractivity contribution in [1.82, 2.24) is 24.6 Å². The summed E-state index contributed by atoms with van der Waals surface area (Å²) in [6.45, 7) is 4.23. The Morgan fingerprint density at radius 3 is 2.41 bits per heavy atom. The average Bonchev–Trinajstić information content (AvgIpc) is 3.11. The van der Waals surface area contributed by atoms with Crippen LogP contribution >= 0.6 is 11.6 Å². The number of pyridine rings is 1. The van der Waals surface area contributed by atoms with E-state index in [2.05, 4.69) is 31.1 Å². The van der Waals surface area contributed by atoms with Gasteiger partial charge in [-0.2, -0.15) is 18.4 Å². The summed E-state index contributed by atoms with van der Waals surface area (Å²) in [5.74, 6) is 1.93. The molecule has 3 saturated heterocycles. The molecule has 0 bridgehead atoms. The number of ether oxygens (including phenoxy) is 1. The normalized spacial score (nSPS) is 21.2. The number of aryl methyl sites for hydroxylation is 1. The lowest BCUT2D eigenvalue weighted by molar-refractivity contribution is -0.310. The molecule has 6 heterocycles. The molecule has 2 aromatic heterocycles. The molecular formula is C26H24ClF3N8O. The van der Waals surface area contributed by atoms with Crippen molar-refractivity contribution in [1.29, 1.82) is 5.26 Å². The zero-order valence-corrected chi connectivity index (χ0v) is 21.8. The number of aromatic nitrogens is 4. The Bertz CT molecular complexity index is 1510. The van der Waals surface area contributed by atoms with Crippen molar-refractivity contribution < 1.29 is 17.9 Å². The fourth-order valence-corrected chi connectivity index (χ4v) is 6.38. The lowest BCUT2D eigenvalue weighted by Crippen LogP contribution is -2.73. The number of rotatable bonds is 3. The van der Waals surface area contributed by atoms with Crippen molar-refractivity contribution in [3.63, 3.8) is 0 Å². The Hall–Kier alpha value is -3.40. The van der Waals surface area contributed by atoms with Crippen LogP contribution < -0.4 is 9.80 Å². The van der Waals surface area contributed by atoms with E-state index >= 15 is 0 Å². The molecular weight excluding hydrogens is 533 g/mol. The molecule has 1 spiro atoms. The molecule has 0 atom stereocenters. The summed E-state index contributed by atoms with van der Waals surface area (Å²) in [5.41, 5.74) is 0.724.